The van der Waals surface area contributed by atoms with Crippen molar-refractivity contribution in [2.75, 3.05) is 17.2 Å². The van der Waals surface area contributed by atoms with E-state index in [0.717, 1.165) is 42.5 Å². The molecule has 2 aromatic heterocycles. The van der Waals surface area contributed by atoms with E-state index in [1.54, 1.807) is 0 Å². The molecule has 228 valence electrons. The van der Waals surface area contributed by atoms with Crippen molar-refractivity contribution < 1.29 is 49.4 Å². The van der Waals surface area contributed by atoms with Crippen LogP contribution in [-0.2, 0) is 23.7 Å². The first-order valence-corrected chi connectivity index (χ1v) is 12.1. The minimum atomic E-state index is -4.78. The number of nitrogens with one attached hydrogen (secondary N) is 4. The number of benzene rings is 2. The fraction of sp³-hybridized carbons (Fsp3) is 0.231. The molecule has 0 saturated heterocycles. The highest BCUT2D eigenvalue weighted by Crippen LogP contribution is 2.37. The Bertz CT molecular complexity index is 1640. The summed E-state index contributed by atoms with van der Waals surface area (Å²) in [7, 11) is 0. The molecule has 0 aliphatic heterocycles. The van der Waals surface area contributed by atoms with E-state index in [9.17, 15) is 44.7 Å². The minimum Gasteiger partial charge on any atom is -0.471 e. The number of alkyl halides is 8. The predicted molar refractivity (Wildman–Crippen MR) is 137 cm³/mol. The van der Waals surface area contributed by atoms with Gasteiger partial charge >= 0.3 is 12.4 Å². The molecular formula is C26H20F8N6O3. The molecule has 4 rings (SSSR count). The number of pyridine rings is 1. The van der Waals surface area contributed by atoms with Crippen LogP contribution in [0.3, 0.4) is 0 Å². The zero-order valence-corrected chi connectivity index (χ0v) is 21.8. The number of hydrogen-bond donors (Lipinski definition) is 4. The molecule has 43 heavy (non-hydrogen) atoms. The van der Waals surface area contributed by atoms with Crippen molar-refractivity contribution in [2.24, 2.45) is 0 Å². The van der Waals surface area contributed by atoms with Gasteiger partial charge in [-0.3, -0.25) is 9.59 Å². The summed E-state index contributed by atoms with van der Waals surface area (Å²) in [5, 5.41) is 7.25. The summed E-state index contributed by atoms with van der Waals surface area (Å²) in [5.41, 5.74) is -2.88. The summed E-state index contributed by atoms with van der Waals surface area (Å²) >= 11 is 0. The van der Waals surface area contributed by atoms with Crippen LogP contribution in [0.5, 0.6) is 5.88 Å². The molecule has 0 spiro atoms. The average Bonchev–Trinajstić information content (AvgIpc) is 3.30. The summed E-state index contributed by atoms with van der Waals surface area (Å²) in [5.74, 6) is -2.28. The summed E-state index contributed by atoms with van der Waals surface area (Å²) in [4.78, 5) is 34.8. The first-order valence-electron chi connectivity index (χ1n) is 12.1. The highest BCUT2D eigenvalue weighted by molar-refractivity contribution is 6.07. The predicted octanol–water partition coefficient (Wildman–Crippen LogP) is 6.27. The zero-order chi connectivity index (χ0) is 31.5. The second-order valence-electron chi connectivity index (χ2n) is 8.94. The van der Waals surface area contributed by atoms with Gasteiger partial charge in [-0.15, -0.1) is 0 Å². The molecule has 2 aromatic carbocycles. The molecule has 0 fully saturated rings. The number of ether oxygens (including phenoxy) is 1. The molecular weight excluding hydrogens is 596 g/mol. The van der Waals surface area contributed by atoms with Gasteiger partial charge in [0, 0.05) is 19.2 Å². The molecule has 2 amide bonds. The Hall–Kier alpha value is -4.96. The standard InChI is InChI=1S/C26H20F8N6O3/c1-12(41)35-10-13-2-7-17(26(32,33)34)18(8-13)37-24-38-19-9-16(23(39-21(19)40-24)43-11-20(27)28)22(42)36-15-5-3-14(4-6-15)25(29,30)31/h2-9,20H,10-11H2,1H3,(H,35,41)(H,36,42)(H2,37,38,39,40). The smallest absolute Gasteiger partial charge is 0.418 e. The lowest BCUT2D eigenvalue weighted by Crippen LogP contribution is -2.19. The van der Waals surface area contributed by atoms with Gasteiger partial charge in [0.25, 0.3) is 12.3 Å². The largest absolute Gasteiger partial charge is 0.471 e. The zero-order valence-electron chi connectivity index (χ0n) is 21.8. The average molecular weight is 616 g/mol. The molecule has 17 heteroatoms. The number of H-pyrrole nitrogens is 1. The van der Waals surface area contributed by atoms with Gasteiger partial charge in [-0.25, -0.2) is 8.78 Å². The molecule has 0 aliphatic carbocycles. The molecule has 4 aromatic rings. The quantitative estimate of drug-likeness (QED) is 0.165. The van der Waals surface area contributed by atoms with Crippen LogP contribution < -0.4 is 20.7 Å². The van der Waals surface area contributed by atoms with Crippen LogP contribution in [0.2, 0.25) is 0 Å². The number of anilines is 3. The third kappa shape index (κ3) is 7.87. The van der Waals surface area contributed by atoms with Crippen molar-refractivity contribution in [3.8, 4) is 5.88 Å². The van der Waals surface area contributed by atoms with Gasteiger partial charge in [0.1, 0.15) is 5.56 Å². The third-order valence-electron chi connectivity index (χ3n) is 5.68. The molecule has 4 N–H and O–H groups in total. The summed E-state index contributed by atoms with van der Waals surface area (Å²) in [6, 6.07) is 7.60. The van der Waals surface area contributed by atoms with E-state index < -0.39 is 65.5 Å². The Morgan fingerprint density at radius 2 is 1.65 bits per heavy atom. The number of aromatic nitrogens is 3. The highest BCUT2D eigenvalue weighted by Gasteiger charge is 2.34. The minimum absolute atomic E-state index is 0.0209. The number of imidazole rings is 1. The van der Waals surface area contributed by atoms with Crippen molar-refractivity contribution in [1.29, 1.82) is 0 Å². The maximum absolute atomic E-state index is 13.7. The highest BCUT2D eigenvalue weighted by atomic mass is 19.4. The van der Waals surface area contributed by atoms with Crippen molar-refractivity contribution in [1.82, 2.24) is 20.3 Å². The van der Waals surface area contributed by atoms with Gasteiger partial charge < -0.3 is 25.7 Å². The maximum Gasteiger partial charge on any atom is 0.418 e. The number of amides is 2. The first-order chi connectivity index (χ1) is 20.1. The van der Waals surface area contributed by atoms with Crippen LogP contribution in [-0.4, -0.2) is 39.8 Å². The lowest BCUT2D eigenvalue weighted by Gasteiger charge is -2.15. The Morgan fingerprint density at radius 3 is 2.26 bits per heavy atom. The Kier molecular flexibility index (Phi) is 8.72. The monoisotopic (exact) mass is 616 g/mol. The van der Waals surface area contributed by atoms with E-state index in [1.165, 1.54) is 13.0 Å². The van der Waals surface area contributed by atoms with Gasteiger partial charge in [0.05, 0.1) is 22.3 Å². The van der Waals surface area contributed by atoms with E-state index in [4.69, 9.17) is 4.74 Å². The van der Waals surface area contributed by atoms with Crippen molar-refractivity contribution in [3.63, 3.8) is 0 Å². The van der Waals surface area contributed by atoms with E-state index in [2.05, 4.69) is 30.9 Å². The molecule has 2 heterocycles. The lowest BCUT2D eigenvalue weighted by atomic mass is 10.1. The fourth-order valence-electron chi connectivity index (χ4n) is 3.75. The van der Waals surface area contributed by atoms with E-state index in [0.29, 0.717) is 5.56 Å². The number of halogens is 8. The van der Waals surface area contributed by atoms with Crippen LogP contribution >= 0.6 is 0 Å². The first kappa shape index (κ1) is 31.0. The SMILES string of the molecule is CC(=O)NCc1ccc(C(F)(F)F)c(Nc2nc3nc(OCC(F)F)c(C(=O)Nc4ccc(C(F)(F)F)cc4)cc3[nH]2)c1. The molecule has 0 aliphatic rings. The molecule has 0 saturated carbocycles. The van der Waals surface area contributed by atoms with Crippen molar-refractivity contribution in [3.05, 3.63) is 70.8 Å². The van der Waals surface area contributed by atoms with Crippen LogP contribution in [0.1, 0.15) is 34.0 Å². The maximum atomic E-state index is 13.7. The van der Waals surface area contributed by atoms with E-state index >= 15 is 0 Å². The summed E-state index contributed by atoms with van der Waals surface area (Å²) in [6.45, 7) is -0.00130. The van der Waals surface area contributed by atoms with Crippen molar-refractivity contribution in [2.45, 2.75) is 32.2 Å². The number of aromatic amines is 1. The summed E-state index contributed by atoms with van der Waals surface area (Å²) in [6.07, 6.45) is -12.4. The normalized spacial score (nSPS) is 12.0. The number of hydrogen-bond acceptors (Lipinski definition) is 6. The number of carbonyl (C=O) groups excluding carboxylic acids is 2. The Labute approximate surface area is 236 Å². The van der Waals surface area contributed by atoms with Gasteiger partial charge in [-0.1, -0.05) is 6.07 Å². The molecule has 9 nitrogen and oxygen atoms in total. The van der Waals surface area contributed by atoms with Crippen LogP contribution in [0, 0.1) is 0 Å². The second kappa shape index (κ2) is 12.1. The van der Waals surface area contributed by atoms with Crippen LogP contribution in [0.25, 0.3) is 11.2 Å². The van der Waals surface area contributed by atoms with E-state index in [-0.39, 0.29) is 29.3 Å². The second-order valence-corrected chi connectivity index (χ2v) is 8.94. The Morgan fingerprint density at radius 1 is 0.953 bits per heavy atom. The van der Waals surface area contributed by atoms with Crippen LogP contribution in [0.15, 0.2) is 48.5 Å². The lowest BCUT2D eigenvalue weighted by molar-refractivity contribution is -0.138. The van der Waals surface area contributed by atoms with Gasteiger partial charge in [0.2, 0.25) is 17.7 Å². The molecule has 0 atom stereocenters. The fourth-order valence-corrected chi connectivity index (χ4v) is 3.75. The number of rotatable bonds is 9. The summed E-state index contributed by atoms with van der Waals surface area (Å²) < 4.78 is 110. The molecule has 0 bridgehead atoms. The molecule has 0 unspecified atom stereocenters. The number of fused-ring (bicyclic) bond motifs is 1. The molecule has 0 radical (unpaired) electrons. The Balaban J connectivity index is 1.67. The topological polar surface area (TPSA) is 121 Å². The van der Waals surface area contributed by atoms with Gasteiger partial charge in [-0.05, 0) is 48.0 Å². The van der Waals surface area contributed by atoms with Gasteiger partial charge in [-0.2, -0.15) is 36.3 Å². The van der Waals surface area contributed by atoms with Gasteiger partial charge in [0.15, 0.2) is 12.3 Å². The van der Waals surface area contributed by atoms with E-state index in [1.807, 2.05) is 0 Å². The van der Waals surface area contributed by atoms with Crippen LogP contribution in [0.4, 0.5) is 52.4 Å². The third-order valence-corrected chi connectivity index (χ3v) is 5.68. The number of nitrogens with zero attached hydrogens (tertiary/aromatic N) is 2. The number of carbonyl (C=O) groups is 2. The van der Waals surface area contributed by atoms with Crippen molar-refractivity contribution >= 4 is 40.3 Å².